The minimum atomic E-state index is -0.618. The summed E-state index contributed by atoms with van der Waals surface area (Å²) in [4.78, 5) is 12.4. The van der Waals surface area contributed by atoms with Crippen LogP contribution in [0.4, 0.5) is 0 Å². The predicted octanol–water partition coefficient (Wildman–Crippen LogP) is 2.85. The van der Waals surface area contributed by atoms with Crippen molar-refractivity contribution in [2.75, 3.05) is 0 Å². The number of rotatable bonds is 3. The minimum Gasteiger partial charge on any atom is -0.481 e. The molecule has 0 aliphatic heterocycles. The van der Waals surface area contributed by atoms with Crippen LogP contribution in [-0.4, -0.2) is 11.1 Å². The molecule has 2 nitrogen and oxygen atoms in total. The van der Waals surface area contributed by atoms with Gasteiger partial charge in [-0.25, -0.2) is 0 Å². The summed E-state index contributed by atoms with van der Waals surface area (Å²) in [5.41, 5.74) is 0.752. The summed E-state index contributed by atoms with van der Waals surface area (Å²) >= 11 is 1.70. The van der Waals surface area contributed by atoms with Crippen molar-refractivity contribution in [3.8, 4) is 0 Å². The number of carboxylic acid groups (broad SMARTS) is 1. The molecule has 0 bridgehead atoms. The van der Waals surface area contributed by atoms with Gasteiger partial charge < -0.3 is 5.11 Å². The molecule has 3 heteroatoms. The van der Waals surface area contributed by atoms with E-state index in [1.165, 1.54) is 10.4 Å². The molecule has 1 aliphatic carbocycles. The van der Waals surface area contributed by atoms with E-state index < -0.39 is 11.4 Å². The zero-order chi connectivity index (χ0) is 10.2. The molecule has 0 amide bonds. The van der Waals surface area contributed by atoms with Gasteiger partial charge in [0.1, 0.15) is 0 Å². The first-order valence-corrected chi connectivity index (χ1v) is 5.78. The Kier molecular flexibility index (Phi) is 2.35. The van der Waals surface area contributed by atoms with Crippen molar-refractivity contribution in [1.82, 2.24) is 0 Å². The van der Waals surface area contributed by atoms with Gasteiger partial charge in [-0.3, -0.25) is 4.79 Å². The fourth-order valence-corrected chi connectivity index (χ4v) is 2.76. The van der Waals surface area contributed by atoms with Gasteiger partial charge >= 0.3 is 5.97 Å². The summed E-state index contributed by atoms with van der Waals surface area (Å²) in [5, 5.41) is 11.2. The van der Waals surface area contributed by atoms with Crippen LogP contribution in [0.15, 0.2) is 11.4 Å². The Morgan fingerprint density at radius 3 is 2.71 bits per heavy atom. The second-order valence-corrected chi connectivity index (χ2v) is 5.30. The number of aliphatic carboxylic acids is 1. The van der Waals surface area contributed by atoms with Crippen molar-refractivity contribution in [2.45, 2.75) is 32.6 Å². The lowest BCUT2D eigenvalue weighted by Crippen LogP contribution is -2.39. The molecular formula is C11H14O2S. The van der Waals surface area contributed by atoms with Crippen LogP contribution >= 0.6 is 11.3 Å². The largest absolute Gasteiger partial charge is 0.481 e. The molecule has 14 heavy (non-hydrogen) atoms. The summed E-state index contributed by atoms with van der Waals surface area (Å²) in [6.07, 6.45) is 3.47. The molecule has 2 rings (SSSR count). The lowest BCUT2D eigenvalue weighted by Gasteiger charge is -2.37. The lowest BCUT2D eigenvalue weighted by atomic mass is 9.66. The number of hydrogen-bond acceptors (Lipinski definition) is 2. The first-order valence-electron chi connectivity index (χ1n) is 4.90. The molecule has 0 spiro atoms. The fraction of sp³-hybridized carbons (Fsp3) is 0.545. The van der Waals surface area contributed by atoms with E-state index in [2.05, 4.69) is 18.4 Å². The zero-order valence-corrected chi connectivity index (χ0v) is 9.06. The van der Waals surface area contributed by atoms with Gasteiger partial charge in [0.05, 0.1) is 5.41 Å². The molecule has 76 valence electrons. The van der Waals surface area contributed by atoms with Crippen LogP contribution in [0.25, 0.3) is 0 Å². The van der Waals surface area contributed by atoms with Crippen LogP contribution in [0.2, 0.25) is 0 Å². The molecule has 0 radical (unpaired) electrons. The Bertz CT molecular complexity index is 350. The second kappa shape index (κ2) is 3.39. The van der Waals surface area contributed by atoms with Crippen LogP contribution in [0.1, 0.15) is 29.7 Å². The molecule has 1 heterocycles. The maximum Gasteiger partial charge on any atom is 0.309 e. The highest BCUT2D eigenvalue weighted by Crippen LogP contribution is 2.44. The Balaban J connectivity index is 2.12. The highest BCUT2D eigenvalue weighted by atomic mass is 32.1. The summed E-state index contributed by atoms with van der Waals surface area (Å²) in [6, 6.07) is 2.10. The molecule has 1 saturated carbocycles. The fourth-order valence-electron chi connectivity index (χ4n) is 2.05. The summed E-state index contributed by atoms with van der Waals surface area (Å²) in [7, 11) is 0. The number of thiophene rings is 1. The standard InChI is InChI=1S/C11H14O2S/c1-8-5-9(7-14-8)6-11(10(12)13)3-2-4-11/h5,7H,2-4,6H2,1H3,(H,12,13). The first-order chi connectivity index (χ1) is 6.62. The van der Waals surface area contributed by atoms with Crippen molar-refractivity contribution in [3.63, 3.8) is 0 Å². The third kappa shape index (κ3) is 1.57. The summed E-state index contributed by atoms with van der Waals surface area (Å²) in [6.45, 7) is 2.06. The average Bonchev–Trinajstić information content (AvgIpc) is 2.43. The molecule has 1 aromatic rings. The number of aryl methyl sites for hydroxylation is 1. The van der Waals surface area contributed by atoms with Gasteiger partial charge in [0.15, 0.2) is 0 Å². The quantitative estimate of drug-likeness (QED) is 0.833. The van der Waals surface area contributed by atoms with Crippen molar-refractivity contribution in [2.24, 2.45) is 5.41 Å². The third-order valence-corrected chi connectivity index (χ3v) is 4.00. The van der Waals surface area contributed by atoms with E-state index in [0.717, 1.165) is 19.3 Å². The van der Waals surface area contributed by atoms with Crippen molar-refractivity contribution < 1.29 is 9.90 Å². The minimum absolute atomic E-state index is 0.437. The van der Waals surface area contributed by atoms with Gasteiger partial charge in [-0.2, -0.15) is 0 Å². The number of hydrogen-bond donors (Lipinski definition) is 1. The predicted molar refractivity (Wildman–Crippen MR) is 56.7 cm³/mol. The summed E-state index contributed by atoms with van der Waals surface area (Å²) in [5.74, 6) is -0.618. The second-order valence-electron chi connectivity index (χ2n) is 4.18. The molecule has 0 aromatic carbocycles. The van der Waals surface area contributed by atoms with Gasteiger partial charge in [0.25, 0.3) is 0 Å². The molecule has 1 N–H and O–H groups in total. The Labute approximate surface area is 87.6 Å². The maximum absolute atomic E-state index is 11.1. The summed E-state index contributed by atoms with van der Waals surface area (Å²) < 4.78 is 0. The normalized spacial score (nSPS) is 18.9. The van der Waals surface area contributed by atoms with Crippen LogP contribution < -0.4 is 0 Å². The van der Waals surface area contributed by atoms with Gasteiger partial charge in [-0.1, -0.05) is 6.42 Å². The molecule has 1 fully saturated rings. The number of carbonyl (C=O) groups is 1. The Morgan fingerprint density at radius 2 is 2.36 bits per heavy atom. The van der Waals surface area contributed by atoms with E-state index in [1.54, 1.807) is 11.3 Å². The lowest BCUT2D eigenvalue weighted by molar-refractivity contribution is -0.154. The molecule has 1 aliphatic rings. The highest BCUT2D eigenvalue weighted by molar-refractivity contribution is 7.10. The monoisotopic (exact) mass is 210 g/mol. The topological polar surface area (TPSA) is 37.3 Å². The first kappa shape index (κ1) is 9.71. The van der Waals surface area contributed by atoms with E-state index in [1.807, 2.05) is 0 Å². The average molecular weight is 210 g/mol. The van der Waals surface area contributed by atoms with Crippen LogP contribution in [0.5, 0.6) is 0 Å². The highest BCUT2D eigenvalue weighted by Gasteiger charge is 2.44. The van der Waals surface area contributed by atoms with Gasteiger partial charge in [-0.15, -0.1) is 11.3 Å². The van der Waals surface area contributed by atoms with Crippen LogP contribution in [-0.2, 0) is 11.2 Å². The third-order valence-electron chi connectivity index (χ3n) is 3.09. The van der Waals surface area contributed by atoms with E-state index >= 15 is 0 Å². The van der Waals surface area contributed by atoms with Crippen molar-refractivity contribution >= 4 is 17.3 Å². The molecule has 0 saturated heterocycles. The van der Waals surface area contributed by atoms with Crippen molar-refractivity contribution in [1.29, 1.82) is 0 Å². The molecule has 1 aromatic heterocycles. The molecular weight excluding hydrogens is 196 g/mol. The number of carboxylic acids is 1. The maximum atomic E-state index is 11.1. The van der Waals surface area contributed by atoms with Gasteiger partial charge in [-0.05, 0) is 43.2 Å². The van der Waals surface area contributed by atoms with E-state index in [9.17, 15) is 4.79 Å². The van der Waals surface area contributed by atoms with E-state index in [0.29, 0.717) is 6.42 Å². The van der Waals surface area contributed by atoms with E-state index in [4.69, 9.17) is 5.11 Å². The van der Waals surface area contributed by atoms with Crippen molar-refractivity contribution in [3.05, 3.63) is 21.9 Å². The van der Waals surface area contributed by atoms with Gasteiger partial charge in [0.2, 0.25) is 0 Å². The Hall–Kier alpha value is -0.830. The Morgan fingerprint density at radius 1 is 1.64 bits per heavy atom. The van der Waals surface area contributed by atoms with Crippen LogP contribution in [0.3, 0.4) is 0 Å². The van der Waals surface area contributed by atoms with Crippen LogP contribution in [0, 0.1) is 12.3 Å². The van der Waals surface area contributed by atoms with E-state index in [-0.39, 0.29) is 0 Å². The van der Waals surface area contributed by atoms with Gasteiger partial charge in [0, 0.05) is 4.88 Å². The molecule has 0 unspecified atom stereocenters. The molecule has 0 atom stereocenters. The zero-order valence-electron chi connectivity index (χ0n) is 8.25. The smallest absolute Gasteiger partial charge is 0.309 e. The SMILES string of the molecule is Cc1cc(CC2(C(=O)O)CCC2)cs1.